The number of nitrogen functional groups attached to an aromatic ring is 1. The van der Waals surface area contributed by atoms with Crippen molar-refractivity contribution < 1.29 is 4.79 Å². The number of carbonyl (C=O) groups is 1. The Labute approximate surface area is 76.7 Å². The summed E-state index contributed by atoms with van der Waals surface area (Å²) in [6.07, 6.45) is 0. The van der Waals surface area contributed by atoms with Crippen molar-refractivity contribution in [1.82, 2.24) is 0 Å². The highest BCUT2D eigenvalue weighted by molar-refractivity contribution is 7.82. The zero-order valence-electron chi connectivity index (χ0n) is 6.69. The zero-order valence-corrected chi connectivity index (χ0v) is 7.58. The van der Waals surface area contributed by atoms with Crippen LogP contribution in [0.5, 0.6) is 0 Å². The van der Waals surface area contributed by atoms with Crippen LogP contribution in [0.1, 0.15) is 6.92 Å². The first-order valence-corrected chi connectivity index (χ1v) is 3.87. The first-order chi connectivity index (χ1) is 5.63. The topological polar surface area (TPSA) is 46.3 Å². The van der Waals surface area contributed by atoms with Gasteiger partial charge < -0.3 is 5.73 Å². The second-order valence-electron chi connectivity index (χ2n) is 2.39. The van der Waals surface area contributed by atoms with Crippen molar-refractivity contribution in [3.05, 3.63) is 24.3 Å². The molecule has 1 amide bonds. The van der Waals surface area contributed by atoms with Crippen molar-refractivity contribution >= 4 is 30.1 Å². The van der Waals surface area contributed by atoms with Crippen LogP contribution in [0.25, 0.3) is 0 Å². The lowest BCUT2D eigenvalue weighted by Gasteiger charge is -2.14. The summed E-state index contributed by atoms with van der Waals surface area (Å²) in [7, 11) is 0. The molecule has 0 radical (unpaired) electrons. The molecule has 1 rings (SSSR count). The van der Waals surface area contributed by atoms with E-state index in [-0.39, 0.29) is 5.91 Å². The van der Waals surface area contributed by atoms with E-state index in [9.17, 15) is 4.79 Å². The van der Waals surface area contributed by atoms with Crippen molar-refractivity contribution in [2.24, 2.45) is 0 Å². The highest BCUT2D eigenvalue weighted by atomic mass is 32.1. The van der Waals surface area contributed by atoms with Gasteiger partial charge >= 0.3 is 0 Å². The van der Waals surface area contributed by atoms with Crippen LogP contribution in [-0.2, 0) is 4.79 Å². The van der Waals surface area contributed by atoms with Gasteiger partial charge in [-0.1, -0.05) is 24.9 Å². The third-order valence-corrected chi connectivity index (χ3v) is 1.96. The minimum Gasteiger partial charge on any atom is -0.397 e. The van der Waals surface area contributed by atoms with Gasteiger partial charge in [0.2, 0.25) is 5.91 Å². The van der Waals surface area contributed by atoms with Crippen LogP contribution in [0.2, 0.25) is 0 Å². The Morgan fingerprint density at radius 3 is 2.58 bits per heavy atom. The van der Waals surface area contributed by atoms with Crippen LogP contribution in [0.4, 0.5) is 11.4 Å². The van der Waals surface area contributed by atoms with Gasteiger partial charge in [0.1, 0.15) is 0 Å². The Morgan fingerprint density at radius 1 is 1.50 bits per heavy atom. The number of hydrogen-bond donors (Lipinski definition) is 2. The van der Waals surface area contributed by atoms with E-state index in [2.05, 4.69) is 12.8 Å². The Bertz CT molecular complexity index is 301. The summed E-state index contributed by atoms with van der Waals surface area (Å²) >= 11 is 3.99. The summed E-state index contributed by atoms with van der Waals surface area (Å²) < 4.78 is 1.22. The fourth-order valence-corrected chi connectivity index (χ4v) is 1.03. The molecule has 0 aliphatic heterocycles. The van der Waals surface area contributed by atoms with E-state index in [1.165, 1.54) is 11.2 Å². The van der Waals surface area contributed by atoms with E-state index in [0.717, 1.165) is 0 Å². The van der Waals surface area contributed by atoms with Crippen molar-refractivity contribution in [3.8, 4) is 0 Å². The smallest absolute Gasteiger partial charge is 0.233 e. The molecule has 4 heteroatoms. The predicted molar refractivity (Wildman–Crippen MR) is 53.0 cm³/mol. The van der Waals surface area contributed by atoms with Gasteiger partial charge in [0.25, 0.3) is 0 Å². The van der Waals surface area contributed by atoms with Gasteiger partial charge in [0.05, 0.1) is 11.4 Å². The summed E-state index contributed by atoms with van der Waals surface area (Å²) in [4.78, 5) is 10.9. The molecule has 0 atom stereocenters. The summed E-state index contributed by atoms with van der Waals surface area (Å²) in [6.45, 7) is 1.43. The fraction of sp³-hybridized carbons (Fsp3) is 0.125. The third-order valence-electron chi connectivity index (χ3n) is 1.46. The van der Waals surface area contributed by atoms with Gasteiger partial charge in [0, 0.05) is 6.92 Å². The maximum Gasteiger partial charge on any atom is 0.233 e. The third kappa shape index (κ3) is 1.71. The lowest BCUT2D eigenvalue weighted by atomic mass is 10.3. The molecule has 12 heavy (non-hydrogen) atoms. The molecule has 1 aromatic carbocycles. The Hall–Kier alpha value is -1.16. The molecule has 0 heterocycles. The van der Waals surface area contributed by atoms with Crippen LogP contribution in [0.15, 0.2) is 24.3 Å². The number of anilines is 2. The summed E-state index contributed by atoms with van der Waals surface area (Å²) in [5.41, 5.74) is 6.78. The monoisotopic (exact) mass is 182 g/mol. The largest absolute Gasteiger partial charge is 0.397 e. The van der Waals surface area contributed by atoms with E-state index in [1.54, 1.807) is 24.3 Å². The summed E-state index contributed by atoms with van der Waals surface area (Å²) in [5, 5.41) is 0. The first-order valence-electron chi connectivity index (χ1n) is 3.47. The second kappa shape index (κ2) is 3.49. The SMILES string of the molecule is CC(=O)N(S)c1ccccc1N. The number of nitrogens with two attached hydrogens (primary N) is 1. The van der Waals surface area contributed by atoms with Gasteiger partial charge in [-0.25, -0.2) is 0 Å². The Morgan fingerprint density at radius 2 is 2.08 bits per heavy atom. The molecule has 2 N–H and O–H groups in total. The lowest BCUT2D eigenvalue weighted by molar-refractivity contribution is -0.115. The number of para-hydroxylation sites is 2. The molecule has 0 fully saturated rings. The highest BCUT2D eigenvalue weighted by Gasteiger charge is 2.08. The van der Waals surface area contributed by atoms with Crippen molar-refractivity contribution in [2.45, 2.75) is 6.92 Å². The van der Waals surface area contributed by atoms with E-state index >= 15 is 0 Å². The first kappa shape index (κ1) is 8.93. The van der Waals surface area contributed by atoms with Gasteiger partial charge in [-0.3, -0.25) is 9.10 Å². The minimum absolute atomic E-state index is 0.156. The van der Waals surface area contributed by atoms with Crippen LogP contribution in [0.3, 0.4) is 0 Å². The Balaban J connectivity index is 3.02. The maximum absolute atomic E-state index is 10.9. The average molecular weight is 182 g/mol. The molecule has 64 valence electrons. The quantitative estimate of drug-likeness (QED) is 0.510. The molecule has 3 nitrogen and oxygen atoms in total. The number of amides is 1. The number of thiol groups is 1. The Kier molecular flexibility index (Phi) is 2.60. The normalized spacial score (nSPS) is 9.50. The lowest BCUT2D eigenvalue weighted by Crippen LogP contribution is -2.17. The zero-order chi connectivity index (χ0) is 9.14. The molecule has 0 saturated carbocycles. The van der Waals surface area contributed by atoms with Crippen molar-refractivity contribution in [3.63, 3.8) is 0 Å². The molecule has 0 unspecified atom stereocenters. The summed E-state index contributed by atoms with van der Waals surface area (Å²) in [6, 6.07) is 7.07. The van der Waals surface area contributed by atoms with E-state index in [4.69, 9.17) is 5.73 Å². The van der Waals surface area contributed by atoms with E-state index in [1.807, 2.05) is 0 Å². The molecular formula is C8H10N2OS. The highest BCUT2D eigenvalue weighted by Crippen LogP contribution is 2.23. The van der Waals surface area contributed by atoms with E-state index in [0.29, 0.717) is 11.4 Å². The standard InChI is InChI=1S/C8H10N2OS/c1-6(11)10(12)8-5-3-2-4-7(8)9/h2-5,12H,9H2,1H3. The summed E-state index contributed by atoms with van der Waals surface area (Å²) in [5.74, 6) is -0.156. The van der Waals surface area contributed by atoms with Gasteiger partial charge in [-0.15, -0.1) is 0 Å². The van der Waals surface area contributed by atoms with Crippen LogP contribution >= 0.6 is 12.8 Å². The number of carbonyl (C=O) groups excluding carboxylic acids is 1. The predicted octanol–water partition coefficient (Wildman–Crippen LogP) is 1.47. The fourth-order valence-electron chi connectivity index (χ4n) is 0.850. The molecule has 0 bridgehead atoms. The van der Waals surface area contributed by atoms with E-state index < -0.39 is 0 Å². The van der Waals surface area contributed by atoms with Gasteiger partial charge in [0.15, 0.2) is 0 Å². The van der Waals surface area contributed by atoms with Gasteiger partial charge in [-0.2, -0.15) is 0 Å². The molecule has 0 aliphatic rings. The molecule has 0 aliphatic carbocycles. The minimum atomic E-state index is -0.156. The van der Waals surface area contributed by atoms with Crippen LogP contribution in [-0.4, -0.2) is 5.91 Å². The molecule has 1 aromatic rings. The van der Waals surface area contributed by atoms with Crippen molar-refractivity contribution in [1.29, 1.82) is 0 Å². The number of nitrogens with zero attached hydrogens (tertiary/aromatic N) is 1. The van der Waals surface area contributed by atoms with Gasteiger partial charge in [-0.05, 0) is 12.1 Å². The molecule has 0 saturated heterocycles. The van der Waals surface area contributed by atoms with Crippen LogP contribution in [0, 0.1) is 0 Å². The number of benzene rings is 1. The average Bonchev–Trinajstić information content (AvgIpc) is 2.04. The molecule has 0 aromatic heterocycles. The second-order valence-corrected chi connectivity index (χ2v) is 2.79. The number of rotatable bonds is 1. The molecular weight excluding hydrogens is 172 g/mol. The maximum atomic E-state index is 10.9. The van der Waals surface area contributed by atoms with Crippen molar-refractivity contribution in [2.75, 3.05) is 10.0 Å². The molecule has 0 spiro atoms. The number of hydrogen-bond acceptors (Lipinski definition) is 3. The van der Waals surface area contributed by atoms with Crippen LogP contribution < -0.4 is 10.0 Å².